The van der Waals surface area contributed by atoms with Crippen molar-refractivity contribution in [2.75, 3.05) is 0 Å². The molecule has 0 nitrogen and oxygen atoms in total. The maximum absolute atomic E-state index is 12.8. The van der Waals surface area contributed by atoms with E-state index in [1.54, 1.807) is 0 Å². The second-order valence-corrected chi connectivity index (χ2v) is 2.63. The van der Waals surface area contributed by atoms with E-state index in [-0.39, 0.29) is 11.3 Å². The number of hydrogen-bond donors (Lipinski definition) is 1. The summed E-state index contributed by atoms with van der Waals surface area (Å²) in [4.78, 5) is 0. The summed E-state index contributed by atoms with van der Waals surface area (Å²) in [7, 11) is 0. The molecule has 0 atom stereocenters. The summed E-state index contributed by atoms with van der Waals surface area (Å²) < 4.78 is 36.8. The van der Waals surface area contributed by atoms with Gasteiger partial charge in [-0.2, -0.15) is 12.6 Å². The van der Waals surface area contributed by atoms with Gasteiger partial charge in [-0.3, -0.25) is 0 Å². The molecule has 66 valence electrons. The van der Waals surface area contributed by atoms with E-state index >= 15 is 0 Å². The van der Waals surface area contributed by atoms with Crippen LogP contribution < -0.4 is 0 Å². The van der Waals surface area contributed by atoms with E-state index in [1.807, 2.05) is 0 Å². The molecule has 0 radical (unpaired) electrons. The SMILES string of the molecule is Fc1cc(C(F)F)ccc1CS. The summed E-state index contributed by atoms with van der Waals surface area (Å²) in [6.45, 7) is 0. The zero-order valence-corrected chi connectivity index (χ0v) is 6.99. The molecule has 1 aromatic carbocycles. The van der Waals surface area contributed by atoms with Crippen LogP contribution in [0.15, 0.2) is 18.2 Å². The molecule has 0 aliphatic heterocycles. The molecule has 0 amide bonds. The van der Waals surface area contributed by atoms with Gasteiger partial charge in [-0.15, -0.1) is 0 Å². The Morgan fingerprint density at radius 2 is 2.00 bits per heavy atom. The van der Waals surface area contributed by atoms with E-state index in [1.165, 1.54) is 12.1 Å². The van der Waals surface area contributed by atoms with E-state index < -0.39 is 12.2 Å². The van der Waals surface area contributed by atoms with Gasteiger partial charge in [0.25, 0.3) is 6.43 Å². The third kappa shape index (κ3) is 1.94. The molecule has 0 bridgehead atoms. The van der Waals surface area contributed by atoms with Crippen molar-refractivity contribution in [1.29, 1.82) is 0 Å². The van der Waals surface area contributed by atoms with Crippen molar-refractivity contribution in [3.63, 3.8) is 0 Å². The summed E-state index contributed by atoms with van der Waals surface area (Å²) in [6, 6.07) is 3.37. The van der Waals surface area contributed by atoms with Crippen LogP contribution >= 0.6 is 12.6 Å². The predicted molar refractivity (Wildman–Crippen MR) is 44.0 cm³/mol. The van der Waals surface area contributed by atoms with E-state index in [0.717, 1.165) is 6.07 Å². The van der Waals surface area contributed by atoms with Crippen molar-refractivity contribution in [3.05, 3.63) is 35.1 Å². The third-order valence-electron chi connectivity index (χ3n) is 1.50. The first-order chi connectivity index (χ1) is 5.65. The highest BCUT2D eigenvalue weighted by atomic mass is 32.1. The summed E-state index contributed by atoms with van der Waals surface area (Å²) in [5.74, 6) is -0.405. The van der Waals surface area contributed by atoms with Crippen LogP contribution in [0.25, 0.3) is 0 Å². The van der Waals surface area contributed by atoms with Gasteiger partial charge >= 0.3 is 0 Å². The largest absolute Gasteiger partial charge is 0.263 e. The van der Waals surface area contributed by atoms with Crippen molar-refractivity contribution in [2.24, 2.45) is 0 Å². The molecule has 0 N–H and O–H groups in total. The topological polar surface area (TPSA) is 0 Å². The van der Waals surface area contributed by atoms with Crippen molar-refractivity contribution < 1.29 is 13.2 Å². The van der Waals surface area contributed by atoms with Gasteiger partial charge in [-0.1, -0.05) is 12.1 Å². The number of benzene rings is 1. The highest BCUT2D eigenvalue weighted by Gasteiger charge is 2.09. The molecular weight excluding hydrogens is 185 g/mol. The van der Waals surface area contributed by atoms with Crippen LogP contribution in [0, 0.1) is 5.82 Å². The Labute approximate surface area is 73.8 Å². The second-order valence-electron chi connectivity index (χ2n) is 2.31. The minimum Gasteiger partial charge on any atom is -0.207 e. The van der Waals surface area contributed by atoms with E-state index in [4.69, 9.17) is 0 Å². The van der Waals surface area contributed by atoms with Gasteiger partial charge in [0.2, 0.25) is 0 Å². The molecule has 1 aromatic rings. The zero-order valence-electron chi connectivity index (χ0n) is 6.10. The van der Waals surface area contributed by atoms with Crippen molar-refractivity contribution in [3.8, 4) is 0 Å². The molecule has 0 aromatic heterocycles. The quantitative estimate of drug-likeness (QED) is 0.683. The van der Waals surface area contributed by atoms with Gasteiger partial charge in [0.05, 0.1) is 0 Å². The highest BCUT2D eigenvalue weighted by Crippen LogP contribution is 2.21. The fraction of sp³-hybridized carbons (Fsp3) is 0.250. The number of hydrogen-bond acceptors (Lipinski definition) is 1. The van der Waals surface area contributed by atoms with Crippen LogP contribution in [0.3, 0.4) is 0 Å². The second kappa shape index (κ2) is 3.85. The maximum atomic E-state index is 12.8. The Morgan fingerprint density at radius 1 is 1.33 bits per heavy atom. The van der Waals surface area contributed by atoms with Gasteiger partial charge in [0.1, 0.15) is 5.82 Å². The zero-order chi connectivity index (χ0) is 9.14. The molecule has 0 saturated heterocycles. The van der Waals surface area contributed by atoms with Gasteiger partial charge in [0, 0.05) is 11.3 Å². The molecule has 0 spiro atoms. The smallest absolute Gasteiger partial charge is 0.207 e. The van der Waals surface area contributed by atoms with Crippen molar-refractivity contribution in [2.45, 2.75) is 12.2 Å². The predicted octanol–water partition coefficient (Wildman–Crippen LogP) is 3.19. The third-order valence-corrected chi connectivity index (χ3v) is 1.84. The molecule has 0 saturated carbocycles. The van der Waals surface area contributed by atoms with Crippen LogP contribution in [-0.2, 0) is 5.75 Å². The Kier molecular flexibility index (Phi) is 3.03. The minimum absolute atomic E-state index is 0.218. The summed E-state index contributed by atoms with van der Waals surface area (Å²) in [6.07, 6.45) is -2.62. The molecule has 0 aliphatic carbocycles. The molecule has 0 aliphatic rings. The van der Waals surface area contributed by atoms with Gasteiger partial charge in [0.15, 0.2) is 0 Å². The molecule has 12 heavy (non-hydrogen) atoms. The molecule has 0 heterocycles. The van der Waals surface area contributed by atoms with Crippen LogP contribution in [0.1, 0.15) is 17.6 Å². The first-order valence-corrected chi connectivity index (χ1v) is 3.95. The lowest BCUT2D eigenvalue weighted by Crippen LogP contribution is -1.90. The number of halogens is 3. The highest BCUT2D eigenvalue weighted by molar-refractivity contribution is 7.79. The van der Waals surface area contributed by atoms with Gasteiger partial charge in [-0.25, -0.2) is 13.2 Å². The molecule has 1 rings (SSSR count). The Bertz CT molecular complexity index is 273. The lowest BCUT2D eigenvalue weighted by molar-refractivity contribution is 0.151. The first kappa shape index (κ1) is 9.45. The monoisotopic (exact) mass is 192 g/mol. The normalized spacial score (nSPS) is 10.8. The van der Waals surface area contributed by atoms with Crippen LogP contribution in [0.4, 0.5) is 13.2 Å². The standard InChI is InChI=1S/C8H7F3S/c9-7-3-5(8(10)11)1-2-6(7)4-12/h1-3,8,12H,4H2. The lowest BCUT2D eigenvalue weighted by atomic mass is 10.1. The molecule has 0 unspecified atom stereocenters. The molecule has 0 fully saturated rings. The Morgan fingerprint density at radius 3 is 2.42 bits per heavy atom. The Hall–Kier alpha value is -0.640. The van der Waals surface area contributed by atoms with Crippen LogP contribution in [0.5, 0.6) is 0 Å². The van der Waals surface area contributed by atoms with Crippen molar-refractivity contribution >= 4 is 12.6 Å². The van der Waals surface area contributed by atoms with E-state index in [0.29, 0.717) is 5.56 Å². The van der Waals surface area contributed by atoms with Crippen molar-refractivity contribution in [1.82, 2.24) is 0 Å². The number of alkyl halides is 2. The van der Waals surface area contributed by atoms with E-state index in [2.05, 4.69) is 12.6 Å². The first-order valence-electron chi connectivity index (χ1n) is 3.32. The van der Waals surface area contributed by atoms with Gasteiger partial charge in [-0.05, 0) is 11.6 Å². The van der Waals surface area contributed by atoms with Crippen LogP contribution in [0.2, 0.25) is 0 Å². The van der Waals surface area contributed by atoms with E-state index in [9.17, 15) is 13.2 Å². The number of thiol groups is 1. The molecule has 4 heteroatoms. The summed E-state index contributed by atoms with van der Waals surface area (Å²) >= 11 is 3.84. The average Bonchev–Trinajstić information content (AvgIpc) is 2.04. The average molecular weight is 192 g/mol. The van der Waals surface area contributed by atoms with Crippen LogP contribution in [-0.4, -0.2) is 0 Å². The number of rotatable bonds is 2. The fourth-order valence-corrected chi connectivity index (χ4v) is 1.08. The fourth-order valence-electron chi connectivity index (χ4n) is 0.828. The minimum atomic E-state index is -2.62. The van der Waals surface area contributed by atoms with Gasteiger partial charge < -0.3 is 0 Å². The molecular formula is C8H7F3S. The summed E-state index contributed by atoms with van der Waals surface area (Å²) in [5, 5.41) is 0. The summed E-state index contributed by atoms with van der Waals surface area (Å²) in [5.41, 5.74) is 0.0424. The maximum Gasteiger partial charge on any atom is 0.263 e. The Balaban J connectivity index is 3.02. The lowest BCUT2D eigenvalue weighted by Gasteiger charge is -2.02.